The number of piperazine rings is 2. The fourth-order valence-corrected chi connectivity index (χ4v) is 4.40. The average molecular weight is 426 g/mol. The van der Waals surface area contributed by atoms with Crippen molar-refractivity contribution >= 4 is 17.1 Å². The molecule has 0 spiro atoms. The lowest BCUT2D eigenvalue weighted by atomic mass is 10.2. The Balaban J connectivity index is 1.19. The van der Waals surface area contributed by atoms with Gasteiger partial charge in [-0.3, -0.25) is 19.9 Å². The maximum atomic E-state index is 10.8. The van der Waals surface area contributed by atoms with Gasteiger partial charge in [0.05, 0.1) is 17.7 Å². The zero-order valence-corrected chi connectivity index (χ0v) is 18.2. The molecule has 0 amide bonds. The average Bonchev–Trinajstić information content (AvgIpc) is 2.83. The molecule has 4 rings (SSSR count). The molecule has 2 fully saturated rings. The number of anilines is 2. The Morgan fingerprint density at radius 3 is 1.90 bits per heavy atom. The van der Waals surface area contributed by atoms with Crippen LogP contribution in [0.2, 0.25) is 0 Å². The van der Waals surface area contributed by atoms with Crippen LogP contribution in [0.25, 0.3) is 0 Å². The first kappa shape index (κ1) is 21.4. The SMILES string of the molecule is COc1ccccc1N1CCN(CCN2CCN(c3ccc([N+](=O)[O-])cc3)CC2)CC1. The number of nitro groups is 1. The minimum atomic E-state index is -0.349. The minimum absolute atomic E-state index is 0.146. The van der Waals surface area contributed by atoms with Crippen LogP contribution in [0.5, 0.6) is 5.75 Å². The Hall–Kier alpha value is -2.84. The second-order valence-corrected chi connectivity index (χ2v) is 8.10. The van der Waals surface area contributed by atoms with E-state index in [1.807, 2.05) is 24.3 Å². The van der Waals surface area contributed by atoms with Gasteiger partial charge in [0.25, 0.3) is 5.69 Å². The fraction of sp³-hybridized carbons (Fsp3) is 0.478. The lowest BCUT2D eigenvalue weighted by molar-refractivity contribution is -0.384. The topological polar surface area (TPSA) is 65.3 Å². The van der Waals surface area contributed by atoms with Crippen molar-refractivity contribution in [1.82, 2.24) is 9.80 Å². The summed E-state index contributed by atoms with van der Waals surface area (Å²) in [6.07, 6.45) is 0. The molecule has 0 aromatic heterocycles. The molecule has 31 heavy (non-hydrogen) atoms. The highest BCUT2D eigenvalue weighted by Crippen LogP contribution is 2.28. The highest BCUT2D eigenvalue weighted by molar-refractivity contribution is 5.58. The lowest BCUT2D eigenvalue weighted by Gasteiger charge is -2.39. The summed E-state index contributed by atoms with van der Waals surface area (Å²) in [5.74, 6) is 0.946. The second-order valence-electron chi connectivity index (χ2n) is 8.10. The Morgan fingerprint density at radius 2 is 1.35 bits per heavy atom. The van der Waals surface area contributed by atoms with Gasteiger partial charge in [0.2, 0.25) is 0 Å². The molecule has 0 aliphatic carbocycles. The van der Waals surface area contributed by atoms with Gasteiger partial charge in [-0.1, -0.05) is 12.1 Å². The molecule has 2 heterocycles. The van der Waals surface area contributed by atoms with Gasteiger partial charge in [-0.15, -0.1) is 0 Å². The van der Waals surface area contributed by atoms with E-state index in [2.05, 4.69) is 31.7 Å². The standard InChI is InChI=1S/C23H31N5O3/c1-31-23-5-3-2-4-22(23)27-18-14-25(15-19-27)11-10-24-12-16-26(17-13-24)20-6-8-21(9-7-20)28(29)30/h2-9H,10-19H2,1H3. The molecule has 8 heteroatoms. The number of nitrogens with zero attached hydrogens (tertiary/aromatic N) is 5. The summed E-state index contributed by atoms with van der Waals surface area (Å²) in [5, 5.41) is 10.8. The third kappa shape index (κ3) is 5.26. The highest BCUT2D eigenvalue weighted by atomic mass is 16.6. The number of para-hydroxylation sites is 2. The molecule has 8 nitrogen and oxygen atoms in total. The van der Waals surface area contributed by atoms with Crippen molar-refractivity contribution in [3.63, 3.8) is 0 Å². The summed E-state index contributed by atoms with van der Waals surface area (Å²) in [6, 6.07) is 15.1. The molecule has 0 saturated carbocycles. The van der Waals surface area contributed by atoms with Crippen LogP contribution in [0.3, 0.4) is 0 Å². The van der Waals surface area contributed by atoms with Crippen LogP contribution in [-0.2, 0) is 0 Å². The molecule has 2 saturated heterocycles. The summed E-state index contributed by atoms with van der Waals surface area (Å²) in [6.45, 7) is 10.3. The molecule has 0 radical (unpaired) electrons. The molecule has 0 N–H and O–H groups in total. The molecular formula is C23H31N5O3. The van der Waals surface area contributed by atoms with E-state index in [9.17, 15) is 10.1 Å². The predicted octanol–water partition coefficient (Wildman–Crippen LogP) is 2.55. The van der Waals surface area contributed by atoms with Gasteiger partial charge in [0.15, 0.2) is 0 Å². The van der Waals surface area contributed by atoms with Gasteiger partial charge in [-0.05, 0) is 24.3 Å². The summed E-state index contributed by atoms with van der Waals surface area (Å²) < 4.78 is 5.51. The monoisotopic (exact) mass is 425 g/mol. The first-order chi connectivity index (χ1) is 15.1. The number of nitro benzene ring substituents is 1. The van der Waals surface area contributed by atoms with Crippen molar-refractivity contribution in [3.05, 3.63) is 58.6 Å². The van der Waals surface area contributed by atoms with E-state index < -0.39 is 0 Å². The zero-order chi connectivity index (χ0) is 21.6. The zero-order valence-electron chi connectivity index (χ0n) is 18.2. The van der Waals surface area contributed by atoms with Gasteiger partial charge in [-0.25, -0.2) is 0 Å². The number of benzene rings is 2. The molecule has 0 bridgehead atoms. The van der Waals surface area contributed by atoms with Crippen LogP contribution in [0.1, 0.15) is 0 Å². The molecule has 2 aliphatic rings. The third-order valence-corrected chi connectivity index (χ3v) is 6.33. The molecule has 166 valence electrons. The summed E-state index contributed by atoms with van der Waals surface area (Å²) in [4.78, 5) is 20.3. The molecule has 0 unspecified atom stereocenters. The Kier molecular flexibility index (Phi) is 6.89. The van der Waals surface area contributed by atoms with Gasteiger partial charge in [0.1, 0.15) is 5.75 Å². The van der Waals surface area contributed by atoms with E-state index in [0.717, 1.165) is 76.9 Å². The Labute approximate surface area is 183 Å². The third-order valence-electron chi connectivity index (χ3n) is 6.33. The number of non-ortho nitro benzene ring substituents is 1. The van der Waals surface area contributed by atoms with Gasteiger partial charge < -0.3 is 14.5 Å². The van der Waals surface area contributed by atoms with Crippen LogP contribution in [0.4, 0.5) is 17.1 Å². The normalized spacial score (nSPS) is 18.2. The summed E-state index contributed by atoms with van der Waals surface area (Å²) >= 11 is 0. The van der Waals surface area contributed by atoms with E-state index in [-0.39, 0.29) is 10.6 Å². The highest BCUT2D eigenvalue weighted by Gasteiger charge is 2.22. The number of methoxy groups -OCH3 is 1. The number of rotatable bonds is 7. The Bertz CT molecular complexity index is 860. The predicted molar refractivity (Wildman–Crippen MR) is 123 cm³/mol. The van der Waals surface area contributed by atoms with Gasteiger partial charge >= 0.3 is 0 Å². The second kappa shape index (κ2) is 9.98. The van der Waals surface area contributed by atoms with E-state index >= 15 is 0 Å². The smallest absolute Gasteiger partial charge is 0.269 e. The van der Waals surface area contributed by atoms with Crippen LogP contribution >= 0.6 is 0 Å². The van der Waals surface area contributed by atoms with Crippen molar-refractivity contribution in [2.24, 2.45) is 0 Å². The number of hydrogen-bond acceptors (Lipinski definition) is 7. The first-order valence-electron chi connectivity index (χ1n) is 11.0. The number of hydrogen-bond donors (Lipinski definition) is 0. The van der Waals surface area contributed by atoms with Crippen molar-refractivity contribution in [1.29, 1.82) is 0 Å². The van der Waals surface area contributed by atoms with Crippen molar-refractivity contribution in [3.8, 4) is 5.75 Å². The molecule has 2 aromatic rings. The van der Waals surface area contributed by atoms with E-state index in [4.69, 9.17) is 4.74 Å². The first-order valence-corrected chi connectivity index (χ1v) is 11.0. The van der Waals surface area contributed by atoms with Crippen LogP contribution in [0.15, 0.2) is 48.5 Å². The van der Waals surface area contributed by atoms with Crippen molar-refractivity contribution in [2.45, 2.75) is 0 Å². The van der Waals surface area contributed by atoms with Crippen LogP contribution in [-0.4, -0.2) is 87.3 Å². The van der Waals surface area contributed by atoms with Crippen LogP contribution < -0.4 is 14.5 Å². The van der Waals surface area contributed by atoms with E-state index in [1.54, 1.807) is 19.2 Å². The maximum absolute atomic E-state index is 10.8. The molecular weight excluding hydrogens is 394 g/mol. The van der Waals surface area contributed by atoms with E-state index in [0.29, 0.717) is 0 Å². The van der Waals surface area contributed by atoms with E-state index in [1.165, 1.54) is 5.69 Å². The quantitative estimate of drug-likeness (QED) is 0.499. The molecule has 2 aromatic carbocycles. The largest absolute Gasteiger partial charge is 0.495 e. The molecule has 2 aliphatic heterocycles. The fourth-order valence-electron chi connectivity index (χ4n) is 4.40. The summed E-state index contributed by atoms with van der Waals surface area (Å²) in [7, 11) is 1.73. The Morgan fingerprint density at radius 1 is 0.806 bits per heavy atom. The van der Waals surface area contributed by atoms with Crippen LogP contribution in [0, 0.1) is 10.1 Å². The number of ether oxygens (including phenoxy) is 1. The van der Waals surface area contributed by atoms with Gasteiger partial charge in [-0.2, -0.15) is 0 Å². The van der Waals surface area contributed by atoms with Gasteiger partial charge in [0, 0.05) is 83.3 Å². The molecule has 0 atom stereocenters. The van der Waals surface area contributed by atoms with Crippen molar-refractivity contribution < 1.29 is 9.66 Å². The lowest BCUT2D eigenvalue weighted by Crippen LogP contribution is -2.51. The maximum Gasteiger partial charge on any atom is 0.269 e. The summed E-state index contributed by atoms with van der Waals surface area (Å²) in [5.41, 5.74) is 2.40. The van der Waals surface area contributed by atoms with Crippen molar-refractivity contribution in [2.75, 3.05) is 82.4 Å². The minimum Gasteiger partial charge on any atom is -0.495 e.